The molecule has 0 bridgehead atoms. The molecule has 2 aliphatic heterocycles. The second kappa shape index (κ2) is 6.57. The highest BCUT2D eigenvalue weighted by atomic mass is 32.2. The number of carbonyl (C=O) groups is 2. The average molecular weight is 379 g/mol. The molecule has 2 aliphatic rings. The Labute approximate surface area is 154 Å². The van der Waals surface area contributed by atoms with Crippen molar-refractivity contribution in [1.29, 1.82) is 0 Å². The standard InChI is InChI=1S/C18H25N3O4S/c1-18(2,3)20-12-13(11-16(20)22)17(23)19-14-5-7-15(8-6-14)21-9-4-10-26(21,24)25/h5-8,13H,4,9-12H2,1-3H3,(H,19,23). The maximum Gasteiger partial charge on any atom is 0.235 e. The van der Waals surface area contributed by atoms with E-state index < -0.39 is 10.0 Å². The fourth-order valence-corrected chi connectivity index (χ4v) is 4.98. The number of nitrogens with one attached hydrogen (secondary N) is 1. The normalized spacial score (nSPS) is 22.7. The van der Waals surface area contributed by atoms with Crippen molar-refractivity contribution in [3.63, 3.8) is 0 Å². The first kappa shape index (κ1) is 18.7. The van der Waals surface area contributed by atoms with Gasteiger partial charge in [-0.3, -0.25) is 13.9 Å². The van der Waals surface area contributed by atoms with Crippen LogP contribution >= 0.6 is 0 Å². The largest absolute Gasteiger partial charge is 0.337 e. The van der Waals surface area contributed by atoms with Gasteiger partial charge in [0.15, 0.2) is 0 Å². The lowest BCUT2D eigenvalue weighted by molar-refractivity contribution is -0.131. The summed E-state index contributed by atoms with van der Waals surface area (Å²) in [4.78, 5) is 26.3. The van der Waals surface area contributed by atoms with Crippen LogP contribution in [-0.2, 0) is 19.6 Å². The number of sulfonamides is 1. The first-order valence-corrected chi connectivity index (χ1v) is 10.4. The molecule has 1 aromatic rings. The Bertz CT molecular complexity index is 812. The number of likely N-dealkylation sites (tertiary alicyclic amines) is 1. The van der Waals surface area contributed by atoms with Crippen LogP contribution in [0.5, 0.6) is 0 Å². The zero-order chi connectivity index (χ0) is 19.1. The van der Waals surface area contributed by atoms with E-state index in [9.17, 15) is 18.0 Å². The summed E-state index contributed by atoms with van der Waals surface area (Å²) in [7, 11) is -3.21. The Morgan fingerprint density at radius 2 is 1.85 bits per heavy atom. The Hall–Kier alpha value is -2.09. The van der Waals surface area contributed by atoms with Gasteiger partial charge in [0, 0.05) is 30.7 Å². The molecule has 2 amide bonds. The van der Waals surface area contributed by atoms with Crippen molar-refractivity contribution in [3.8, 4) is 0 Å². The van der Waals surface area contributed by atoms with Gasteiger partial charge >= 0.3 is 0 Å². The molecule has 1 unspecified atom stereocenters. The van der Waals surface area contributed by atoms with Gasteiger partial charge in [-0.05, 0) is 51.5 Å². The van der Waals surface area contributed by atoms with Crippen molar-refractivity contribution in [1.82, 2.24) is 4.90 Å². The van der Waals surface area contributed by atoms with Crippen LogP contribution in [0.2, 0.25) is 0 Å². The van der Waals surface area contributed by atoms with Crippen LogP contribution < -0.4 is 9.62 Å². The van der Waals surface area contributed by atoms with E-state index in [0.29, 0.717) is 30.9 Å². The van der Waals surface area contributed by atoms with Crippen LogP contribution in [-0.4, -0.2) is 49.5 Å². The molecule has 26 heavy (non-hydrogen) atoms. The average Bonchev–Trinajstić information content (AvgIpc) is 3.10. The molecule has 2 saturated heterocycles. The summed E-state index contributed by atoms with van der Waals surface area (Å²) in [6.07, 6.45) is 0.841. The van der Waals surface area contributed by atoms with Crippen molar-refractivity contribution in [2.45, 2.75) is 39.2 Å². The third-order valence-electron chi connectivity index (χ3n) is 4.83. The number of nitrogens with zero attached hydrogens (tertiary/aromatic N) is 2. The van der Waals surface area contributed by atoms with Crippen LogP contribution in [0.1, 0.15) is 33.6 Å². The second-order valence-corrected chi connectivity index (χ2v) is 9.87. The molecule has 1 atom stereocenters. The van der Waals surface area contributed by atoms with E-state index in [1.165, 1.54) is 4.31 Å². The summed E-state index contributed by atoms with van der Waals surface area (Å²) in [6.45, 7) is 6.77. The molecule has 0 radical (unpaired) electrons. The number of hydrogen-bond acceptors (Lipinski definition) is 4. The Morgan fingerprint density at radius 1 is 1.19 bits per heavy atom. The van der Waals surface area contributed by atoms with Gasteiger partial charge in [-0.25, -0.2) is 8.42 Å². The molecule has 0 aromatic heterocycles. The maximum atomic E-state index is 12.5. The molecule has 2 fully saturated rings. The summed E-state index contributed by atoms with van der Waals surface area (Å²) in [5, 5.41) is 2.83. The highest BCUT2D eigenvalue weighted by Gasteiger charge is 2.39. The highest BCUT2D eigenvalue weighted by Crippen LogP contribution is 2.28. The molecule has 1 aromatic carbocycles. The third kappa shape index (κ3) is 3.70. The van der Waals surface area contributed by atoms with E-state index in [4.69, 9.17) is 0 Å². The lowest BCUT2D eigenvalue weighted by Gasteiger charge is -2.31. The van der Waals surface area contributed by atoms with Gasteiger partial charge in [0.05, 0.1) is 17.4 Å². The van der Waals surface area contributed by atoms with Gasteiger partial charge in [-0.2, -0.15) is 0 Å². The minimum Gasteiger partial charge on any atom is -0.337 e. The van der Waals surface area contributed by atoms with Gasteiger partial charge in [0.1, 0.15) is 0 Å². The van der Waals surface area contributed by atoms with Crippen molar-refractivity contribution in [2.75, 3.05) is 28.5 Å². The quantitative estimate of drug-likeness (QED) is 0.868. The monoisotopic (exact) mass is 379 g/mol. The fourth-order valence-electron chi connectivity index (χ4n) is 3.42. The predicted octanol–water partition coefficient (Wildman–Crippen LogP) is 1.81. The number of carbonyl (C=O) groups excluding carboxylic acids is 2. The van der Waals surface area contributed by atoms with Gasteiger partial charge < -0.3 is 10.2 Å². The smallest absolute Gasteiger partial charge is 0.235 e. The van der Waals surface area contributed by atoms with Crippen LogP contribution in [0.4, 0.5) is 11.4 Å². The summed E-state index contributed by atoms with van der Waals surface area (Å²) in [5.74, 6) is -0.398. The summed E-state index contributed by atoms with van der Waals surface area (Å²) in [5.41, 5.74) is 0.905. The highest BCUT2D eigenvalue weighted by molar-refractivity contribution is 7.93. The van der Waals surface area contributed by atoms with Crippen LogP contribution in [0, 0.1) is 5.92 Å². The molecule has 7 nitrogen and oxygen atoms in total. The molecule has 1 N–H and O–H groups in total. The van der Waals surface area contributed by atoms with E-state index in [1.807, 2.05) is 20.8 Å². The molecule has 3 rings (SSSR count). The minimum atomic E-state index is -3.21. The van der Waals surface area contributed by atoms with Gasteiger partial charge in [-0.15, -0.1) is 0 Å². The number of benzene rings is 1. The summed E-state index contributed by atoms with van der Waals surface area (Å²) in [6, 6.07) is 6.78. The summed E-state index contributed by atoms with van der Waals surface area (Å²) < 4.78 is 25.3. The number of rotatable bonds is 3. The SMILES string of the molecule is CC(C)(C)N1CC(C(=O)Nc2ccc(N3CCCS3(=O)=O)cc2)CC1=O. The van der Waals surface area contributed by atoms with E-state index in [1.54, 1.807) is 29.2 Å². The topological polar surface area (TPSA) is 86.8 Å². The van der Waals surface area contributed by atoms with Crippen LogP contribution in [0.25, 0.3) is 0 Å². The van der Waals surface area contributed by atoms with Gasteiger partial charge in [0.25, 0.3) is 0 Å². The molecule has 142 valence electrons. The molecule has 8 heteroatoms. The molecule has 0 saturated carbocycles. The van der Waals surface area contributed by atoms with Crippen molar-refractivity contribution in [2.24, 2.45) is 5.92 Å². The Balaban J connectivity index is 1.65. The van der Waals surface area contributed by atoms with Crippen molar-refractivity contribution in [3.05, 3.63) is 24.3 Å². The van der Waals surface area contributed by atoms with E-state index in [-0.39, 0.29) is 35.4 Å². The molecular weight excluding hydrogens is 354 g/mol. The molecule has 2 heterocycles. The maximum absolute atomic E-state index is 12.5. The number of anilines is 2. The predicted molar refractivity (Wildman–Crippen MR) is 100 cm³/mol. The second-order valence-electron chi connectivity index (χ2n) is 7.85. The first-order valence-electron chi connectivity index (χ1n) is 8.80. The number of amides is 2. The van der Waals surface area contributed by atoms with E-state index >= 15 is 0 Å². The zero-order valence-corrected chi connectivity index (χ0v) is 16.2. The first-order chi connectivity index (χ1) is 12.1. The lowest BCUT2D eigenvalue weighted by atomic mass is 10.1. The summed E-state index contributed by atoms with van der Waals surface area (Å²) >= 11 is 0. The fraction of sp³-hybridized carbons (Fsp3) is 0.556. The van der Waals surface area contributed by atoms with Crippen LogP contribution in [0.3, 0.4) is 0 Å². The van der Waals surface area contributed by atoms with Crippen LogP contribution in [0.15, 0.2) is 24.3 Å². The Kier molecular flexibility index (Phi) is 4.72. The molecule has 0 spiro atoms. The minimum absolute atomic E-state index is 0.00719. The third-order valence-corrected chi connectivity index (χ3v) is 6.70. The molecular formula is C18H25N3O4S. The number of hydrogen-bond donors (Lipinski definition) is 1. The van der Waals surface area contributed by atoms with Gasteiger partial charge in [0.2, 0.25) is 21.8 Å². The Morgan fingerprint density at radius 3 is 2.35 bits per heavy atom. The lowest BCUT2D eigenvalue weighted by Crippen LogP contribution is -2.42. The van der Waals surface area contributed by atoms with Gasteiger partial charge in [-0.1, -0.05) is 0 Å². The van der Waals surface area contributed by atoms with E-state index in [2.05, 4.69) is 5.32 Å². The van der Waals surface area contributed by atoms with Crippen molar-refractivity contribution >= 4 is 33.2 Å². The zero-order valence-electron chi connectivity index (χ0n) is 15.4. The van der Waals surface area contributed by atoms with E-state index in [0.717, 1.165) is 0 Å². The van der Waals surface area contributed by atoms with Crippen molar-refractivity contribution < 1.29 is 18.0 Å². The molecule has 0 aliphatic carbocycles.